The molecule has 0 saturated carbocycles. The number of methoxy groups -OCH3 is 1. The zero-order chi connectivity index (χ0) is 15.5. The molecule has 0 aliphatic carbocycles. The van der Waals surface area contributed by atoms with Crippen molar-refractivity contribution in [2.24, 2.45) is 0 Å². The van der Waals surface area contributed by atoms with Crippen LogP contribution >= 0.6 is 0 Å². The topological polar surface area (TPSA) is 63.6 Å². The van der Waals surface area contributed by atoms with E-state index in [1.54, 1.807) is 20.1 Å². The molecule has 0 radical (unpaired) electrons. The van der Waals surface area contributed by atoms with Crippen LogP contribution in [0.15, 0.2) is 24.3 Å². The lowest BCUT2D eigenvalue weighted by Crippen LogP contribution is -2.15. The maximum Gasteiger partial charge on any atom is 0.328 e. The van der Waals surface area contributed by atoms with Crippen LogP contribution in [0.5, 0.6) is 5.75 Å². The first-order chi connectivity index (χ1) is 9.16. The Hall–Kier alpha value is -2.10. The molecule has 0 saturated heterocycles. The Morgan fingerprint density at radius 3 is 2.25 bits per heavy atom. The molecule has 0 heterocycles. The number of allylic oxidation sites excluding steroid dienone is 1. The molecule has 0 amide bonds. The fourth-order valence-electron chi connectivity index (χ4n) is 1.94. The van der Waals surface area contributed by atoms with Crippen molar-refractivity contribution in [1.29, 1.82) is 0 Å². The summed E-state index contributed by atoms with van der Waals surface area (Å²) in [6, 6.07) is 3.59. The lowest BCUT2D eigenvalue weighted by Gasteiger charge is -2.23. The molecule has 0 aliphatic heterocycles. The van der Waals surface area contributed by atoms with Crippen LogP contribution in [-0.4, -0.2) is 24.0 Å². The highest BCUT2D eigenvalue weighted by Crippen LogP contribution is 2.33. The highest BCUT2D eigenvalue weighted by atomic mass is 16.5. The van der Waals surface area contributed by atoms with Gasteiger partial charge in [0.15, 0.2) is 5.78 Å². The van der Waals surface area contributed by atoms with Crippen molar-refractivity contribution in [2.45, 2.75) is 33.1 Å². The minimum Gasteiger partial charge on any atom is -0.496 e. The third-order valence-electron chi connectivity index (χ3n) is 3.00. The Labute approximate surface area is 119 Å². The van der Waals surface area contributed by atoms with Crippen molar-refractivity contribution in [3.63, 3.8) is 0 Å². The molecule has 20 heavy (non-hydrogen) atoms. The Morgan fingerprint density at radius 2 is 1.80 bits per heavy atom. The van der Waals surface area contributed by atoms with Crippen LogP contribution in [0, 0.1) is 6.92 Å². The van der Waals surface area contributed by atoms with Gasteiger partial charge in [-0.1, -0.05) is 20.8 Å². The van der Waals surface area contributed by atoms with E-state index in [4.69, 9.17) is 9.84 Å². The number of aliphatic carboxylic acids is 1. The number of carboxylic acid groups (broad SMARTS) is 1. The highest BCUT2D eigenvalue weighted by molar-refractivity contribution is 6.08. The van der Waals surface area contributed by atoms with E-state index in [0.717, 1.165) is 29.0 Å². The van der Waals surface area contributed by atoms with Gasteiger partial charge in [0.2, 0.25) is 0 Å². The standard InChI is InChI=1S/C16H20O4/c1-10-8-14(20-5)12(16(2,3)4)9-11(10)13(17)6-7-15(18)19/h6-9H,1-5H3,(H,18,19)/b7-6+. The first-order valence-electron chi connectivity index (χ1n) is 6.31. The molecule has 1 aromatic carbocycles. The number of aryl methyl sites for hydroxylation is 1. The molecule has 108 valence electrons. The summed E-state index contributed by atoms with van der Waals surface area (Å²) in [5, 5.41) is 8.59. The summed E-state index contributed by atoms with van der Waals surface area (Å²) in [5.74, 6) is -0.729. The van der Waals surface area contributed by atoms with E-state index in [-0.39, 0.29) is 11.2 Å². The summed E-state index contributed by atoms with van der Waals surface area (Å²) in [6.45, 7) is 7.89. The Kier molecular flexibility index (Phi) is 4.71. The van der Waals surface area contributed by atoms with Gasteiger partial charge in [-0.3, -0.25) is 4.79 Å². The zero-order valence-electron chi connectivity index (χ0n) is 12.5. The van der Waals surface area contributed by atoms with Crippen molar-refractivity contribution >= 4 is 11.8 Å². The Balaban J connectivity index is 3.35. The van der Waals surface area contributed by atoms with E-state index < -0.39 is 5.97 Å². The maximum absolute atomic E-state index is 12.1. The second-order valence-corrected chi connectivity index (χ2v) is 5.65. The molecule has 4 nitrogen and oxygen atoms in total. The molecule has 0 aromatic heterocycles. The van der Waals surface area contributed by atoms with Crippen LogP contribution in [0.4, 0.5) is 0 Å². The first-order valence-corrected chi connectivity index (χ1v) is 6.31. The normalized spacial score (nSPS) is 11.7. The van der Waals surface area contributed by atoms with Gasteiger partial charge in [0.25, 0.3) is 0 Å². The third-order valence-corrected chi connectivity index (χ3v) is 3.00. The van der Waals surface area contributed by atoms with E-state index >= 15 is 0 Å². The number of hydrogen-bond acceptors (Lipinski definition) is 3. The zero-order valence-corrected chi connectivity index (χ0v) is 12.5. The summed E-state index contributed by atoms with van der Waals surface area (Å²) in [6.07, 6.45) is 1.92. The summed E-state index contributed by atoms with van der Waals surface area (Å²) < 4.78 is 5.36. The van der Waals surface area contributed by atoms with Crippen LogP contribution in [0.1, 0.15) is 42.3 Å². The second kappa shape index (κ2) is 5.90. The number of ketones is 1. The van der Waals surface area contributed by atoms with Gasteiger partial charge in [0.05, 0.1) is 7.11 Å². The van der Waals surface area contributed by atoms with Gasteiger partial charge in [0, 0.05) is 17.2 Å². The molecule has 0 spiro atoms. The number of ether oxygens (including phenoxy) is 1. The second-order valence-electron chi connectivity index (χ2n) is 5.65. The lowest BCUT2D eigenvalue weighted by atomic mass is 9.84. The Bertz CT molecular complexity index is 563. The van der Waals surface area contributed by atoms with Gasteiger partial charge >= 0.3 is 5.97 Å². The minimum absolute atomic E-state index is 0.176. The molecular formula is C16H20O4. The van der Waals surface area contributed by atoms with Crippen molar-refractivity contribution in [3.05, 3.63) is 41.0 Å². The van der Waals surface area contributed by atoms with Crippen LogP contribution in [0.3, 0.4) is 0 Å². The summed E-state index contributed by atoms with van der Waals surface area (Å²) in [7, 11) is 1.59. The van der Waals surface area contributed by atoms with Crippen LogP contribution in [0.2, 0.25) is 0 Å². The summed E-state index contributed by atoms with van der Waals surface area (Å²) >= 11 is 0. The van der Waals surface area contributed by atoms with E-state index in [1.807, 2.05) is 26.8 Å². The van der Waals surface area contributed by atoms with Crippen molar-refractivity contribution in [3.8, 4) is 5.75 Å². The van der Waals surface area contributed by atoms with Gasteiger partial charge in [0.1, 0.15) is 5.75 Å². The van der Waals surface area contributed by atoms with E-state index in [0.29, 0.717) is 5.56 Å². The average molecular weight is 276 g/mol. The number of carboxylic acids is 1. The molecule has 0 unspecified atom stereocenters. The van der Waals surface area contributed by atoms with Crippen LogP contribution < -0.4 is 4.74 Å². The van der Waals surface area contributed by atoms with Gasteiger partial charge in [-0.15, -0.1) is 0 Å². The number of benzene rings is 1. The summed E-state index contributed by atoms with van der Waals surface area (Å²) in [5.41, 5.74) is 1.99. The molecule has 1 N–H and O–H groups in total. The number of carbonyl (C=O) groups is 2. The first kappa shape index (κ1) is 16.0. The van der Waals surface area contributed by atoms with E-state index in [9.17, 15) is 9.59 Å². The number of hydrogen-bond donors (Lipinski definition) is 1. The SMILES string of the molecule is COc1cc(C)c(C(=O)/C=C/C(=O)O)cc1C(C)(C)C. The Morgan fingerprint density at radius 1 is 1.20 bits per heavy atom. The summed E-state index contributed by atoms with van der Waals surface area (Å²) in [4.78, 5) is 22.5. The quantitative estimate of drug-likeness (QED) is 0.678. The molecule has 0 aliphatic rings. The smallest absolute Gasteiger partial charge is 0.328 e. The molecule has 1 aromatic rings. The van der Waals surface area contributed by atoms with Gasteiger partial charge in [-0.05, 0) is 36.1 Å². The van der Waals surface area contributed by atoms with E-state index in [1.165, 1.54) is 0 Å². The highest BCUT2D eigenvalue weighted by Gasteiger charge is 2.21. The van der Waals surface area contributed by atoms with Gasteiger partial charge < -0.3 is 9.84 Å². The maximum atomic E-state index is 12.1. The monoisotopic (exact) mass is 276 g/mol. The van der Waals surface area contributed by atoms with Gasteiger partial charge in [-0.25, -0.2) is 4.79 Å². The molecule has 0 bridgehead atoms. The fourth-order valence-corrected chi connectivity index (χ4v) is 1.94. The predicted octanol–water partition coefficient (Wildman–Crippen LogP) is 3.12. The molecule has 1 rings (SSSR count). The van der Waals surface area contributed by atoms with Crippen LogP contribution in [0.25, 0.3) is 0 Å². The van der Waals surface area contributed by atoms with Crippen LogP contribution in [-0.2, 0) is 10.2 Å². The van der Waals surface area contributed by atoms with Crippen molar-refractivity contribution in [2.75, 3.05) is 7.11 Å². The number of carbonyl (C=O) groups excluding carboxylic acids is 1. The fraction of sp³-hybridized carbons (Fsp3) is 0.375. The van der Waals surface area contributed by atoms with E-state index in [2.05, 4.69) is 0 Å². The average Bonchev–Trinajstić information content (AvgIpc) is 2.33. The molecular weight excluding hydrogens is 256 g/mol. The largest absolute Gasteiger partial charge is 0.496 e. The molecule has 0 atom stereocenters. The molecule has 0 fully saturated rings. The lowest BCUT2D eigenvalue weighted by molar-refractivity contribution is -0.131. The third kappa shape index (κ3) is 3.70. The molecule has 4 heteroatoms. The number of rotatable bonds is 4. The van der Waals surface area contributed by atoms with Crippen molar-refractivity contribution in [1.82, 2.24) is 0 Å². The minimum atomic E-state index is -1.14. The van der Waals surface area contributed by atoms with Gasteiger partial charge in [-0.2, -0.15) is 0 Å². The predicted molar refractivity (Wildman–Crippen MR) is 77.5 cm³/mol. The van der Waals surface area contributed by atoms with Crippen molar-refractivity contribution < 1.29 is 19.4 Å².